The molecule has 0 saturated carbocycles. The molecule has 0 bridgehead atoms. The molecule has 3 aromatic carbocycles. The molecule has 1 aliphatic heterocycles. The predicted octanol–water partition coefficient (Wildman–Crippen LogP) is 3.74. The Morgan fingerprint density at radius 3 is 2.45 bits per heavy atom. The number of hydrogen-bond acceptors (Lipinski definition) is 3. The first-order valence-corrected chi connectivity index (χ1v) is 7.32. The van der Waals surface area contributed by atoms with E-state index < -0.39 is 0 Å². The third-order valence-electron chi connectivity index (χ3n) is 4.05. The van der Waals surface area contributed by atoms with Crippen molar-refractivity contribution < 1.29 is 5.11 Å². The Kier molecular flexibility index (Phi) is 3.06. The van der Waals surface area contributed by atoms with Gasteiger partial charge in [0, 0.05) is 10.9 Å². The Balaban J connectivity index is 1.75. The Bertz CT molecular complexity index is 856. The van der Waals surface area contributed by atoms with E-state index in [2.05, 4.69) is 29.1 Å². The highest BCUT2D eigenvalue weighted by Crippen LogP contribution is 2.34. The molecule has 3 nitrogen and oxygen atoms in total. The molecule has 0 saturated heterocycles. The van der Waals surface area contributed by atoms with Crippen LogP contribution in [0.5, 0.6) is 5.75 Å². The first-order valence-electron chi connectivity index (χ1n) is 7.32. The highest BCUT2D eigenvalue weighted by molar-refractivity contribution is 5.93. The van der Waals surface area contributed by atoms with Crippen LogP contribution in [0.15, 0.2) is 72.8 Å². The molecule has 1 atom stereocenters. The average molecular weight is 288 g/mol. The molecule has 3 heteroatoms. The zero-order valence-corrected chi connectivity index (χ0v) is 12.0. The summed E-state index contributed by atoms with van der Waals surface area (Å²) >= 11 is 0. The highest BCUT2D eigenvalue weighted by atomic mass is 16.3. The second-order valence-corrected chi connectivity index (χ2v) is 5.42. The van der Waals surface area contributed by atoms with Gasteiger partial charge in [0.15, 0.2) is 0 Å². The van der Waals surface area contributed by atoms with Crippen molar-refractivity contribution >= 4 is 16.5 Å². The molecule has 0 radical (unpaired) electrons. The van der Waals surface area contributed by atoms with Gasteiger partial charge in [0.05, 0.1) is 11.7 Å². The van der Waals surface area contributed by atoms with Crippen molar-refractivity contribution in [3.63, 3.8) is 0 Å². The topological polar surface area (TPSA) is 44.3 Å². The Labute approximate surface area is 128 Å². The van der Waals surface area contributed by atoms with Gasteiger partial charge in [-0.25, -0.2) is 5.43 Å². The minimum absolute atomic E-state index is 0.0991. The molecule has 0 aromatic heterocycles. The van der Waals surface area contributed by atoms with Gasteiger partial charge >= 0.3 is 0 Å². The first kappa shape index (κ1) is 12.9. The van der Waals surface area contributed by atoms with Gasteiger partial charge in [0.25, 0.3) is 0 Å². The van der Waals surface area contributed by atoms with Crippen molar-refractivity contribution in [3.05, 3.63) is 83.9 Å². The predicted molar refractivity (Wildman–Crippen MR) is 89.0 cm³/mol. The van der Waals surface area contributed by atoms with Crippen LogP contribution in [-0.4, -0.2) is 5.11 Å². The minimum atomic E-state index is 0.0991. The van der Waals surface area contributed by atoms with Crippen molar-refractivity contribution in [2.75, 3.05) is 0 Å². The molecular weight excluding hydrogens is 272 g/mol. The largest absolute Gasteiger partial charge is 0.507 e. The fourth-order valence-corrected chi connectivity index (χ4v) is 2.88. The van der Waals surface area contributed by atoms with Crippen molar-refractivity contribution in [1.82, 2.24) is 10.9 Å². The zero-order chi connectivity index (χ0) is 14.9. The lowest BCUT2D eigenvalue weighted by atomic mass is 10.0. The van der Waals surface area contributed by atoms with E-state index in [1.165, 1.54) is 5.56 Å². The summed E-state index contributed by atoms with van der Waals surface area (Å²) in [7, 11) is 0. The van der Waals surface area contributed by atoms with Crippen molar-refractivity contribution in [2.24, 2.45) is 0 Å². The van der Waals surface area contributed by atoms with E-state index in [1.807, 2.05) is 54.6 Å². The molecule has 22 heavy (non-hydrogen) atoms. The molecule has 1 heterocycles. The van der Waals surface area contributed by atoms with Gasteiger partial charge < -0.3 is 10.5 Å². The number of fused-ring (bicyclic) bond motifs is 1. The van der Waals surface area contributed by atoms with Crippen molar-refractivity contribution in [2.45, 2.75) is 6.04 Å². The normalized spacial score (nSPS) is 17.3. The lowest BCUT2D eigenvalue weighted by Crippen LogP contribution is -2.26. The van der Waals surface area contributed by atoms with Crippen LogP contribution in [0, 0.1) is 0 Å². The first-order chi connectivity index (χ1) is 10.8. The second kappa shape index (κ2) is 5.20. The number of phenols is 1. The SMILES string of the molecule is Oc1c(C2=CC(c3ccccc3)NN2)ccc2ccccc12. The van der Waals surface area contributed by atoms with E-state index >= 15 is 0 Å². The molecule has 3 N–H and O–H groups in total. The van der Waals surface area contributed by atoms with E-state index in [0.29, 0.717) is 5.75 Å². The smallest absolute Gasteiger partial charge is 0.132 e. The lowest BCUT2D eigenvalue weighted by molar-refractivity contribution is 0.479. The molecule has 1 unspecified atom stereocenters. The van der Waals surface area contributed by atoms with Crippen LogP contribution < -0.4 is 10.9 Å². The van der Waals surface area contributed by atoms with Gasteiger partial charge in [0.2, 0.25) is 0 Å². The maximum absolute atomic E-state index is 10.6. The van der Waals surface area contributed by atoms with E-state index in [9.17, 15) is 5.11 Å². The third kappa shape index (κ3) is 2.12. The molecule has 0 fully saturated rings. The molecule has 0 amide bonds. The third-order valence-corrected chi connectivity index (χ3v) is 4.05. The van der Waals surface area contributed by atoms with Gasteiger partial charge in [-0.15, -0.1) is 0 Å². The second-order valence-electron chi connectivity index (χ2n) is 5.42. The van der Waals surface area contributed by atoms with E-state index in [-0.39, 0.29) is 6.04 Å². The number of hydrazine groups is 1. The molecule has 0 spiro atoms. The molecular formula is C19H16N2O. The van der Waals surface area contributed by atoms with Crippen LogP contribution in [0.1, 0.15) is 17.2 Å². The van der Waals surface area contributed by atoms with Crippen LogP contribution >= 0.6 is 0 Å². The summed E-state index contributed by atoms with van der Waals surface area (Å²) in [6, 6.07) is 22.1. The number of phenolic OH excluding ortho intramolecular Hbond substituents is 1. The van der Waals surface area contributed by atoms with Crippen LogP contribution in [-0.2, 0) is 0 Å². The average Bonchev–Trinajstić information content (AvgIpc) is 3.06. The van der Waals surface area contributed by atoms with Gasteiger partial charge in [-0.2, -0.15) is 0 Å². The molecule has 0 aliphatic carbocycles. The summed E-state index contributed by atoms with van der Waals surface area (Å²) in [4.78, 5) is 0. The standard InChI is InChI=1S/C19H16N2O/c22-19-15-9-5-4-6-13(15)10-11-16(19)18-12-17(20-21-18)14-7-2-1-3-8-14/h1-12,17,20-22H. The highest BCUT2D eigenvalue weighted by Gasteiger charge is 2.19. The number of aromatic hydroxyl groups is 1. The van der Waals surface area contributed by atoms with Gasteiger partial charge in [-0.1, -0.05) is 60.7 Å². The quantitative estimate of drug-likeness (QED) is 0.673. The zero-order valence-electron chi connectivity index (χ0n) is 12.0. The van der Waals surface area contributed by atoms with E-state index in [1.54, 1.807) is 0 Å². The Morgan fingerprint density at radius 2 is 1.59 bits per heavy atom. The number of nitrogens with one attached hydrogen (secondary N) is 2. The minimum Gasteiger partial charge on any atom is -0.507 e. The summed E-state index contributed by atoms with van der Waals surface area (Å²) in [6.45, 7) is 0. The Hall–Kier alpha value is -2.78. The van der Waals surface area contributed by atoms with Crippen LogP contribution in [0.4, 0.5) is 0 Å². The van der Waals surface area contributed by atoms with Crippen molar-refractivity contribution in [3.8, 4) is 5.75 Å². The maximum Gasteiger partial charge on any atom is 0.132 e. The van der Waals surface area contributed by atoms with Gasteiger partial charge in [-0.05, 0) is 23.1 Å². The summed E-state index contributed by atoms with van der Waals surface area (Å²) in [6.07, 6.45) is 2.10. The number of hydrogen-bond donors (Lipinski definition) is 3. The summed E-state index contributed by atoms with van der Waals surface area (Å²) < 4.78 is 0. The summed E-state index contributed by atoms with van der Waals surface area (Å²) in [5, 5.41) is 12.5. The van der Waals surface area contributed by atoms with Crippen LogP contribution in [0.3, 0.4) is 0 Å². The molecule has 3 aromatic rings. The van der Waals surface area contributed by atoms with E-state index in [4.69, 9.17) is 0 Å². The van der Waals surface area contributed by atoms with Crippen LogP contribution in [0.25, 0.3) is 16.5 Å². The van der Waals surface area contributed by atoms with Crippen molar-refractivity contribution in [1.29, 1.82) is 0 Å². The summed E-state index contributed by atoms with van der Waals surface area (Å²) in [5.74, 6) is 0.312. The lowest BCUT2D eigenvalue weighted by Gasteiger charge is -2.10. The number of benzene rings is 3. The van der Waals surface area contributed by atoms with Gasteiger partial charge in [0.1, 0.15) is 5.75 Å². The maximum atomic E-state index is 10.6. The monoisotopic (exact) mass is 288 g/mol. The summed E-state index contributed by atoms with van der Waals surface area (Å²) in [5.41, 5.74) is 9.32. The molecule has 108 valence electrons. The Morgan fingerprint density at radius 1 is 0.818 bits per heavy atom. The number of rotatable bonds is 2. The molecule has 4 rings (SSSR count). The van der Waals surface area contributed by atoms with E-state index in [0.717, 1.165) is 22.0 Å². The van der Waals surface area contributed by atoms with Crippen LogP contribution in [0.2, 0.25) is 0 Å². The fourth-order valence-electron chi connectivity index (χ4n) is 2.88. The van der Waals surface area contributed by atoms with Gasteiger partial charge in [-0.3, -0.25) is 0 Å². The fraction of sp³-hybridized carbons (Fsp3) is 0.0526. The molecule has 1 aliphatic rings.